The zero-order valence-corrected chi connectivity index (χ0v) is 7.93. The van der Waals surface area contributed by atoms with Gasteiger partial charge < -0.3 is 17.2 Å². The van der Waals surface area contributed by atoms with E-state index in [1.165, 1.54) is 0 Å². The Morgan fingerprint density at radius 2 is 0.900 bits per heavy atom. The molecule has 1 rings (SSSR count). The number of hydrogen-bond donors (Lipinski definition) is 3. The van der Waals surface area contributed by atoms with E-state index in [9.17, 15) is 0 Å². The van der Waals surface area contributed by atoms with Crippen molar-refractivity contribution >= 4 is 41.8 Å². The molecule has 10 heavy (non-hydrogen) atoms. The van der Waals surface area contributed by atoms with E-state index in [4.69, 9.17) is 17.2 Å². The molecule has 0 saturated carbocycles. The minimum Gasteiger partial charge on any atom is -0.368 e. The molecule has 0 aliphatic heterocycles. The van der Waals surface area contributed by atoms with E-state index in [0.717, 1.165) is 0 Å². The van der Waals surface area contributed by atoms with Crippen LogP contribution in [0.3, 0.4) is 0 Å². The molecule has 1 heterocycles. The van der Waals surface area contributed by atoms with Gasteiger partial charge >= 0.3 is 0 Å². The van der Waals surface area contributed by atoms with Crippen LogP contribution in [-0.2, 0) is 0 Å². The minimum atomic E-state index is 0. The number of anilines is 3. The molecule has 0 aliphatic carbocycles. The molecule has 6 nitrogen and oxygen atoms in total. The number of hydrogen-bond acceptors (Lipinski definition) is 6. The second-order valence-corrected chi connectivity index (χ2v) is 1.41. The van der Waals surface area contributed by atoms with Gasteiger partial charge in [0.05, 0.1) is 0 Å². The van der Waals surface area contributed by atoms with Gasteiger partial charge in [-0.15, -0.1) is 0 Å². The molecule has 7 heteroatoms. The van der Waals surface area contributed by atoms with Crippen LogP contribution in [-0.4, -0.2) is 38.9 Å². The molecule has 0 fully saturated rings. The topological polar surface area (TPSA) is 117 Å². The van der Waals surface area contributed by atoms with Crippen LogP contribution in [0.4, 0.5) is 17.8 Å². The third-order valence-electron chi connectivity index (χ3n) is 0.687. The monoisotopic (exact) mass is 246 g/mol. The van der Waals surface area contributed by atoms with Gasteiger partial charge in [-0.05, 0) is 0 Å². The van der Waals surface area contributed by atoms with Gasteiger partial charge in [-0.1, -0.05) is 0 Å². The SMILES string of the molecule is Nc1nc(N)nc(N)n1.[Sn]. The van der Waals surface area contributed by atoms with Crippen molar-refractivity contribution in [3.05, 3.63) is 0 Å². The summed E-state index contributed by atoms with van der Waals surface area (Å²) in [4.78, 5) is 10.5. The Kier molecular flexibility index (Phi) is 3.13. The number of nitrogens with zero attached hydrogens (tertiary/aromatic N) is 3. The van der Waals surface area contributed by atoms with Crippen molar-refractivity contribution < 1.29 is 0 Å². The number of rotatable bonds is 0. The molecule has 0 bridgehead atoms. The predicted molar refractivity (Wildman–Crippen MR) is 38.8 cm³/mol. The van der Waals surface area contributed by atoms with Crippen molar-refractivity contribution in [2.24, 2.45) is 0 Å². The Hall–Kier alpha value is -0.791. The van der Waals surface area contributed by atoms with E-state index in [-0.39, 0.29) is 41.8 Å². The first kappa shape index (κ1) is 9.21. The molecule has 0 aromatic carbocycles. The Labute approximate surface area is 74.2 Å². The average Bonchev–Trinajstić information content (AvgIpc) is 1.59. The van der Waals surface area contributed by atoms with E-state index in [2.05, 4.69) is 15.0 Å². The van der Waals surface area contributed by atoms with Gasteiger partial charge in [0.1, 0.15) is 0 Å². The van der Waals surface area contributed by atoms with Gasteiger partial charge in [0.2, 0.25) is 17.8 Å². The van der Waals surface area contributed by atoms with Gasteiger partial charge in [0, 0.05) is 23.9 Å². The fraction of sp³-hybridized carbons (Fsp3) is 0. The molecule has 6 N–H and O–H groups in total. The summed E-state index contributed by atoms with van der Waals surface area (Å²) in [7, 11) is 0. The van der Waals surface area contributed by atoms with Gasteiger partial charge in [-0.25, -0.2) is 0 Å². The Morgan fingerprint density at radius 3 is 1.10 bits per heavy atom. The molecule has 0 amide bonds. The van der Waals surface area contributed by atoms with E-state index < -0.39 is 0 Å². The Morgan fingerprint density at radius 1 is 0.700 bits per heavy atom. The molecule has 0 spiro atoms. The Bertz CT molecular complexity index is 174. The average molecular weight is 245 g/mol. The van der Waals surface area contributed by atoms with Crippen LogP contribution >= 0.6 is 0 Å². The van der Waals surface area contributed by atoms with Crippen LogP contribution in [0.2, 0.25) is 0 Å². The minimum absolute atomic E-state index is 0. The summed E-state index contributed by atoms with van der Waals surface area (Å²) in [5.74, 6) is 0.125. The van der Waals surface area contributed by atoms with Crippen molar-refractivity contribution in [2.45, 2.75) is 0 Å². The molecule has 0 saturated heterocycles. The van der Waals surface area contributed by atoms with E-state index in [1.54, 1.807) is 0 Å². The summed E-state index contributed by atoms with van der Waals surface area (Å²) in [6, 6.07) is 0. The molecule has 4 radical (unpaired) electrons. The van der Waals surface area contributed by atoms with Gasteiger partial charge in [-0.3, -0.25) is 0 Å². The Balaban J connectivity index is 0.000000810. The summed E-state index contributed by atoms with van der Waals surface area (Å²) in [5.41, 5.74) is 15.4. The molecule has 0 aliphatic rings. The fourth-order valence-electron chi connectivity index (χ4n) is 0.427. The second kappa shape index (κ2) is 3.40. The number of nitrogen functional groups attached to an aromatic ring is 3. The number of nitrogens with two attached hydrogens (primary N) is 3. The molecule has 0 atom stereocenters. The van der Waals surface area contributed by atoms with Gasteiger partial charge in [0.25, 0.3) is 0 Å². The van der Waals surface area contributed by atoms with Crippen molar-refractivity contribution in [1.82, 2.24) is 15.0 Å². The van der Waals surface area contributed by atoms with Crippen LogP contribution < -0.4 is 17.2 Å². The third-order valence-corrected chi connectivity index (χ3v) is 0.687. The van der Waals surface area contributed by atoms with Gasteiger partial charge in [-0.2, -0.15) is 15.0 Å². The standard InChI is InChI=1S/C3H6N6.Sn/c4-1-7-2(5)9-3(6)8-1;/h(H6,4,5,6,7,8,9);. The van der Waals surface area contributed by atoms with E-state index >= 15 is 0 Å². The number of aromatic nitrogens is 3. The van der Waals surface area contributed by atoms with E-state index in [0.29, 0.717) is 0 Å². The largest absolute Gasteiger partial charge is 0.368 e. The van der Waals surface area contributed by atoms with Gasteiger partial charge in [0.15, 0.2) is 0 Å². The second-order valence-electron chi connectivity index (χ2n) is 1.41. The van der Waals surface area contributed by atoms with Crippen molar-refractivity contribution in [3.63, 3.8) is 0 Å². The molecular formula is C3H6N6Sn. The molecule has 0 unspecified atom stereocenters. The quantitative estimate of drug-likeness (QED) is 0.466. The molecule has 1 aromatic heterocycles. The predicted octanol–water partition coefficient (Wildman–Crippen LogP) is -1.76. The van der Waals surface area contributed by atoms with Crippen molar-refractivity contribution in [3.8, 4) is 0 Å². The third kappa shape index (κ3) is 2.21. The summed E-state index contributed by atoms with van der Waals surface area (Å²) in [5, 5.41) is 0. The zero-order valence-electron chi connectivity index (χ0n) is 5.07. The van der Waals surface area contributed by atoms with Crippen LogP contribution in [0.1, 0.15) is 0 Å². The van der Waals surface area contributed by atoms with Crippen molar-refractivity contribution in [2.75, 3.05) is 17.2 Å². The van der Waals surface area contributed by atoms with Crippen LogP contribution in [0, 0.1) is 0 Å². The fourth-order valence-corrected chi connectivity index (χ4v) is 0.427. The smallest absolute Gasteiger partial charge is 0.226 e. The maximum absolute atomic E-state index is 5.14. The summed E-state index contributed by atoms with van der Waals surface area (Å²) in [6.45, 7) is 0. The molecular weight excluding hydrogens is 239 g/mol. The normalized spacial score (nSPS) is 8.40. The summed E-state index contributed by atoms with van der Waals surface area (Å²) in [6.07, 6.45) is 0. The van der Waals surface area contributed by atoms with Crippen LogP contribution in [0.15, 0.2) is 0 Å². The van der Waals surface area contributed by atoms with Crippen LogP contribution in [0.5, 0.6) is 0 Å². The summed E-state index contributed by atoms with van der Waals surface area (Å²) < 4.78 is 0. The first-order chi connectivity index (χ1) is 4.18. The zero-order chi connectivity index (χ0) is 6.85. The van der Waals surface area contributed by atoms with Crippen LogP contribution in [0.25, 0.3) is 0 Å². The maximum Gasteiger partial charge on any atom is 0.226 e. The maximum atomic E-state index is 5.14. The first-order valence-corrected chi connectivity index (χ1v) is 2.21. The molecule has 1 aromatic rings. The molecule has 52 valence electrons. The summed E-state index contributed by atoms with van der Waals surface area (Å²) >= 11 is 0. The first-order valence-electron chi connectivity index (χ1n) is 2.21. The van der Waals surface area contributed by atoms with E-state index in [1.807, 2.05) is 0 Å². The van der Waals surface area contributed by atoms with Crippen molar-refractivity contribution in [1.29, 1.82) is 0 Å².